The Balaban J connectivity index is 1.39. The molecule has 0 aliphatic carbocycles. The molecular formula is C28H19ClN6O. The van der Waals surface area contributed by atoms with Gasteiger partial charge < -0.3 is 9.72 Å². The van der Waals surface area contributed by atoms with Gasteiger partial charge >= 0.3 is 0 Å². The smallest absolute Gasteiger partial charge is 0.255 e. The van der Waals surface area contributed by atoms with Gasteiger partial charge in [0.05, 0.1) is 5.69 Å². The van der Waals surface area contributed by atoms with Crippen molar-refractivity contribution in [3.63, 3.8) is 0 Å². The lowest BCUT2D eigenvalue weighted by Gasteiger charge is -2.12. The molecule has 0 saturated heterocycles. The summed E-state index contributed by atoms with van der Waals surface area (Å²) in [5.41, 5.74) is 4.45. The summed E-state index contributed by atoms with van der Waals surface area (Å²) in [5, 5.41) is 3.53. The first-order valence-electron chi connectivity index (χ1n) is 11.3. The Hall–Kier alpha value is -4.75. The minimum absolute atomic E-state index is 0.214. The summed E-state index contributed by atoms with van der Waals surface area (Å²) in [6.07, 6.45) is 9.18. The third-order valence-electron chi connectivity index (χ3n) is 5.78. The van der Waals surface area contributed by atoms with E-state index in [0.717, 1.165) is 22.6 Å². The molecule has 6 aromatic rings. The van der Waals surface area contributed by atoms with E-state index in [2.05, 4.69) is 15.3 Å². The van der Waals surface area contributed by atoms with Crippen LogP contribution in [0, 0.1) is 0 Å². The third kappa shape index (κ3) is 4.12. The fraction of sp³-hybridized carbons (Fsp3) is 0. The molecular weight excluding hydrogens is 472 g/mol. The van der Waals surface area contributed by atoms with Crippen molar-refractivity contribution < 1.29 is 4.79 Å². The van der Waals surface area contributed by atoms with Crippen LogP contribution in [0.15, 0.2) is 110 Å². The van der Waals surface area contributed by atoms with Gasteiger partial charge in [-0.05, 0) is 36.4 Å². The van der Waals surface area contributed by atoms with E-state index in [-0.39, 0.29) is 5.91 Å². The van der Waals surface area contributed by atoms with Crippen molar-refractivity contribution in [2.75, 3.05) is 5.32 Å². The number of halogens is 1. The van der Waals surface area contributed by atoms with Crippen molar-refractivity contribution in [2.24, 2.45) is 0 Å². The lowest BCUT2D eigenvalue weighted by atomic mass is 10.1. The van der Waals surface area contributed by atoms with Crippen LogP contribution in [0.5, 0.6) is 0 Å². The van der Waals surface area contributed by atoms with Crippen molar-refractivity contribution >= 4 is 28.8 Å². The van der Waals surface area contributed by atoms with Crippen LogP contribution in [0.4, 0.5) is 5.69 Å². The molecule has 3 aromatic heterocycles. The summed E-state index contributed by atoms with van der Waals surface area (Å²) in [6, 6.07) is 24.3. The Bertz CT molecular complexity index is 1690. The minimum Gasteiger partial charge on any atom is -0.322 e. The fourth-order valence-electron chi connectivity index (χ4n) is 4.05. The summed E-state index contributed by atoms with van der Waals surface area (Å²) < 4.78 is 3.87. The highest BCUT2D eigenvalue weighted by Crippen LogP contribution is 2.27. The molecule has 3 aromatic carbocycles. The monoisotopic (exact) mass is 490 g/mol. The Morgan fingerprint density at radius 3 is 2.44 bits per heavy atom. The second-order valence-corrected chi connectivity index (χ2v) is 8.57. The second-order valence-electron chi connectivity index (χ2n) is 8.14. The van der Waals surface area contributed by atoms with Crippen LogP contribution in [0.3, 0.4) is 0 Å². The van der Waals surface area contributed by atoms with Gasteiger partial charge in [0.1, 0.15) is 5.82 Å². The number of anilines is 1. The van der Waals surface area contributed by atoms with Gasteiger partial charge in [-0.2, -0.15) is 0 Å². The number of nitrogens with one attached hydrogen (secondary N) is 1. The maximum absolute atomic E-state index is 12.7. The molecule has 6 rings (SSSR count). The average molecular weight is 491 g/mol. The van der Waals surface area contributed by atoms with E-state index in [1.807, 2.05) is 82.2 Å². The Morgan fingerprint density at radius 2 is 1.61 bits per heavy atom. The van der Waals surface area contributed by atoms with Crippen molar-refractivity contribution in [1.29, 1.82) is 0 Å². The number of imidazole rings is 2. The molecule has 0 bridgehead atoms. The molecule has 0 fully saturated rings. The molecule has 7 nitrogen and oxygen atoms in total. The molecule has 0 unspecified atom stereocenters. The lowest BCUT2D eigenvalue weighted by Crippen LogP contribution is -2.11. The van der Waals surface area contributed by atoms with Gasteiger partial charge in [0.15, 0.2) is 11.5 Å². The molecule has 8 heteroatoms. The van der Waals surface area contributed by atoms with Gasteiger partial charge in [-0.25, -0.2) is 15.0 Å². The van der Waals surface area contributed by atoms with E-state index < -0.39 is 0 Å². The van der Waals surface area contributed by atoms with Crippen LogP contribution in [-0.2, 0) is 0 Å². The highest BCUT2D eigenvalue weighted by Gasteiger charge is 2.16. The Kier molecular flexibility index (Phi) is 5.52. The first kappa shape index (κ1) is 21.8. The van der Waals surface area contributed by atoms with Crippen molar-refractivity contribution in [2.45, 2.75) is 0 Å². The second kappa shape index (κ2) is 9.13. The topological polar surface area (TPSA) is 77.1 Å². The number of carbonyl (C=O) groups excluding carboxylic acids is 1. The third-order valence-corrected chi connectivity index (χ3v) is 6.03. The van der Waals surface area contributed by atoms with Gasteiger partial charge in [0, 0.05) is 58.4 Å². The molecule has 1 amide bonds. The normalized spacial score (nSPS) is 11.0. The quantitative estimate of drug-likeness (QED) is 0.314. The van der Waals surface area contributed by atoms with Crippen molar-refractivity contribution in [3.05, 3.63) is 120 Å². The van der Waals surface area contributed by atoms with E-state index in [4.69, 9.17) is 16.6 Å². The van der Waals surface area contributed by atoms with Gasteiger partial charge in [-0.1, -0.05) is 54.1 Å². The molecule has 0 atom stereocenters. The van der Waals surface area contributed by atoms with Crippen LogP contribution < -0.4 is 5.32 Å². The zero-order chi connectivity index (χ0) is 24.5. The van der Waals surface area contributed by atoms with Crippen LogP contribution >= 0.6 is 11.6 Å². The fourth-order valence-corrected chi connectivity index (χ4v) is 4.18. The van der Waals surface area contributed by atoms with Crippen molar-refractivity contribution in [1.82, 2.24) is 23.9 Å². The number of rotatable bonds is 5. The highest BCUT2D eigenvalue weighted by atomic mass is 35.5. The zero-order valence-corrected chi connectivity index (χ0v) is 19.7. The largest absolute Gasteiger partial charge is 0.322 e. The summed E-state index contributed by atoms with van der Waals surface area (Å²) >= 11 is 5.94. The average Bonchev–Trinajstić information content (AvgIpc) is 3.59. The Morgan fingerprint density at radius 1 is 0.833 bits per heavy atom. The maximum Gasteiger partial charge on any atom is 0.255 e. The molecule has 0 aliphatic rings. The summed E-state index contributed by atoms with van der Waals surface area (Å²) in [7, 11) is 0. The van der Waals surface area contributed by atoms with Crippen LogP contribution in [-0.4, -0.2) is 29.8 Å². The van der Waals surface area contributed by atoms with E-state index in [0.29, 0.717) is 27.7 Å². The number of carbonyl (C=O) groups is 1. The molecule has 0 saturated carbocycles. The molecule has 1 N–H and O–H groups in total. The van der Waals surface area contributed by atoms with Crippen LogP contribution in [0.25, 0.3) is 34.1 Å². The predicted octanol–water partition coefficient (Wildman–Crippen LogP) is 6.15. The van der Waals surface area contributed by atoms with E-state index in [1.165, 1.54) is 0 Å². The number of fused-ring (bicyclic) bond motifs is 1. The maximum atomic E-state index is 12.7. The predicted molar refractivity (Wildman–Crippen MR) is 140 cm³/mol. The minimum atomic E-state index is -0.214. The van der Waals surface area contributed by atoms with E-state index in [1.54, 1.807) is 36.7 Å². The number of nitrogens with zero attached hydrogens (tertiary/aromatic N) is 5. The standard InChI is InChI=1S/C28H19ClN6O/c29-22-11-9-20(10-12-22)28(36)32-23-8-4-7-21(17-23)24-18-34-15-13-31-26(34)27(33-24)35-16-14-30-25(35)19-5-2-1-3-6-19/h1-18H,(H,32,36). The summed E-state index contributed by atoms with van der Waals surface area (Å²) in [6.45, 7) is 0. The van der Waals surface area contributed by atoms with Crippen molar-refractivity contribution in [3.8, 4) is 28.5 Å². The van der Waals surface area contributed by atoms with Gasteiger partial charge in [-0.3, -0.25) is 9.36 Å². The number of benzene rings is 3. The number of amides is 1. The van der Waals surface area contributed by atoms with Crippen LogP contribution in [0.1, 0.15) is 10.4 Å². The SMILES string of the molecule is O=C(Nc1cccc(-c2cn3ccnc3c(-n3ccnc3-c3ccccc3)n2)c1)c1ccc(Cl)cc1. The van der Waals surface area contributed by atoms with Gasteiger partial charge in [0.25, 0.3) is 5.91 Å². The molecule has 174 valence electrons. The van der Waals surface area contributed by atoms with Gasteiger partial charge in [-0.15, -0.1) is 0 Å². The summed E-state index contributed by atoms with van der Waals surface area (Å²) in [4.78, 5) is 26.8. The van der Waals surface area contributed by atoms with E-state index in [9.17, 15) is 4.79 Å². The number of aromatic nitrogens is 5. The van der Waals surface area contributed by atoms with Gasteiger partial charge in [0.2, 0.25) is 0 Å². The van der Waals surface area contributed by atoms with Crippen LogP contribution in [0.2, 0.25) is 5.02 Å². The van der Waals surface area contributed by atoms with E-state index >= 15 is 0 Å². The molecule has 0 spiro atoms. The first-order chi connectivity index (χ1) is 17.7. The first-order valence-corrected chi connectivity index (χ1v) is 11.6. The molecule has 3 heterocycles. The zero-order valence-electron chi connectivity index (χ0n) is 18.9. The highest BCUT2D eigenvalue weighted by molar-refractivity contribution is 6.30. The molecule has 0 aliphatic heterocycles. The number of hydrogen-bond donors (Lipinski definition) is 1. The lowest BCUT2D eigenvalue weighted by molar-refractivity contribution is 0.102. The summed E-state index contributed by atoms with van der Waals surface area (Å²) in [5.74, 6) is 1.21. The number of hydrogen-bond acceptors (Lipinski definition) is 4. The molecule has 36 heavy (non-hydrogen) atoms. The molecule has 0 radical (unpaired) electrons. The Labute approximate surface area is 211 Å².